The van der Waals surface area contributed by atoms with E-state index in [0.29, 0.717) is 5.16 Å². The second-order valence-corrected chi connectivity index (χ2v) is 2.72. The van der Waals surface area contributed by atoms with Crippen molar-refractivity contribution in [3.05, 3.63) is 12.2 Å². The van der Waals surface area contributed by atoms with Crippen LogP contribution in [0.1, 0.15) is 18.9 Å². The molecular formula is C6H8FN3S. The molecule has 1 atom stereocenters. The average Bonchev–Trinajstić information content (AvgIpc) is 2.05. The molecule has 0 amide bonds. The van der Waals surface area contributed by atoms with Crippen LogP contribution >= 0.6 is 11.8 Å². The summed E-state index contributed by atoms with van der Waals surface area (Å²) < 4.78 is 12.6. The highest BCUT2D eigenvalue weighted by Gasteiger charge is 2.06. The van der Waals surface area contributed by atoms with Gasteiger partial charge in [-0.1, -0.05) is 11.8 Å². The van der Waals surface area contributed by atoms with Crippen LogP contribution in [0.4, 0.5) is 4.39 Å². The number of hydrogen-bond acceptors (Lipinski definition) is 4. The van der Waals surface area contributed by atoms with Crippen molar-refractivity contribution in [2.24, 2.45) is 0 Å². The van der Waals surface area contributed by atoms with Crippen molar-refractivity contribution in [1.29, 1.82) is 0 Å². The molecule has 0 bridgehead atoms. The summed E-state index contributed by atoms with van der Waals surface area (Å²) in [7, 11) is 0. The lowest BCUT2D eigenvalue weighted by atomic mass is 10.4. The van der Waals surface area contributed by atoms with E-state index in [9.17, 15) is 4.39 Å². The van der Waals surface area contributed by atoms with Crippen LogP contribution in [0.15, 0.2) is 11.5 Å². The second-order valence-electron chi connectivity index (χ2n) is 1.95. The smallest absolute Gasteiger partial charge is 0.190 e. The summed E-state index contributed by atoms with van der Waals surface area (Å²) in [4.78, 5) is 11.3. The molecular weight excluding hydrogens is 165 g/mol. The van der Waals surface area contributed by atoms with Crippen LogP contribution in [0.2, 0.25) is 0 Å². The third-order valence-electron chi connectivity index (χ3n) is 1.11. The van der Waals surface area contributed by atoms with Crippen molar-refractivity contribution in [3.63, 3.8) is 0 Å². The van der Waals surface area contributed by atoms with Gasteiger partial charge in [0, 0.05) is 0 Å². The highest BCUT2D eigenvalue weighted by atomic mass is 32.2. The summed E-state index contributed by atoms with van der Waals surface area (Å²) in [6, 6.07) is 0. The first kappa shape index (κ1) is 8.39. The minimum Gasteiger partial charge on any atom is -0.239 e. The van der Waals surface area contributed by atoms with Crippen molar-refractivity contribution in [2.75, 3.05) is 6.26 Å². The monoisotopic (exact) mass is 173 g/mol. The van der Waals surface area contributed by atoms with Gasteiger partial charge in [0.1, 0.15) is 6.33 Å². The average molecular weight is 173 g/mol. The fraction of sp³-hybridized carbons (Fsp3) is 0.500. The molecule has 0 aliphatic heterocycles. The molecule has 0 saturated carbocycles. The molecule has 1 rings (SSSR count). The van der Waals surface area contributed by atoms with E-state index >= 15 is 0 Å². The van der Waals surface area contributed by atoms with Gasteiger partial charge in [-0.3, -0.25) is 0 Å². The zero-order chi connectivity index (χ0) is 8.27. The van der Waals surface area contributed by atoms with E-state index in [1.165, 1.54) is 25.0 Å². The number of aromatic nitrogens is 3. The largest absolute Gasteiger partial charge is 0.239 e. The lowest BCUT2D eigenvalue weighted by molar-refractivity contribution is 0.352. The van der Waals surface area contributed by atoms with Crippen molar-refractivity contribution in [1.82, 2.24) is 15.0 Å². The van der Waals surface area contributed by atoms with Gasteiger partial charge in [-0.25, -0.2) is 19.3 Å². The fourth-order valence-electron chi connectivity index (χ4n) is 0.583. The molecule has 0 radical (unpaired) electrons. The maximum atomic E-state index is 12.6. The minimum absolute atomic E-state index is 0.198. The Kier molecular flexibility index (Phi) is 2.76. The van der Waals surface area contributed by atoms with Crippen molar-refractivity contribution in [3.8, 4) is 0 Å². The van der Waals surface area contributed by atoms with Crippen LogP contribution in [0.25, 0.3) is 0 Å². The molecule has 1 unspecified atom stereocenters. The summed E-state index contributed by atoms with van der Waals surface area (Å²) in [5.74, 6) is 0.198. The Bertz CT molecular complexity index is 241. The summed E-state index contributed by atoms with van der Waals surface area (Å²) in [6.45, 7) is 1.40. The third-order valence-corrected chi connectivity index (χ3v) is 1.67. The Balaban J connectivity index is 2.91. The fourth-order valence-corrected chi connectivity index (χ4v) is 0.921. The standard InChI is InChI=1S/C6H8FN3S/c1-4(7)5-8-3-9-6(10-5)11-2/h3-4H,1-2H3. The van der Waals surface area contributed by atoms with Gasteiger partial charge >= 0.3 is 0 Å². The van der Waals surface area contributed by atoms with Crippen LogP contribution in [-0.2, 0) is 0 Å². The normalized spacial score (nSPS) is 13.0. The predicted molar refractivity (Wildman–Crippen MR) is 41.1 cm³/mol. The predicted octanol–water partition coefficient (Wildman–Crippen LogP) is 1.62. The lowest BCUT2D eigenvalue weighted by Crippen LogP contribution is -1.98. The minimum atomic E-state index is -1.12. The molecule has 0 aliphatic rings. The van der Waals surface area contributed by atoms with Crippen LogP contribution in [0.3, 0.4) is 0 Å². The van der Waals surface area contributed by atoms with E-state index < -0.39 is 6.17 Å². The number of rotatable bonds is 2. The first-order valence-electron chi connectivity index (χ1n) is 3.11. The molecule has 0 aromatic carbocycles. The van der Waals surface area contributed by atoms with Gasteiger partial charge in [-0.2, -0.15) is 0 Å². The number of hydrogen-bond donors (Lipinski definition) is 0. The van der Waals surface area contributed by atoms with E-state index in [4.69, 9.17) is 0 Å². The first-order valence-corrected chi connectivity index (χ1v) is 4.33. The van der Waals surface area contributed by atoms with Gasteiger partial charge in [0.15, 0.2) is 17.2 Å². The number of halogens is 1. The van der Waals surface area contributed by atoms with Crippen LogP contribution in [-0.4, -0.2) is 21.2 Å². The maximum Gasteiger partial charge on any atom is 0.190 e. The molecule has 0 spiro atoms. The topological polar surface area (TPSA) is 38.7 Å². The molecule has 11 heavy (non-hydrogen) atoms. The van der Waals surface area contributed by atoms with E-state index in [2.05, 4.69) is 15.0 Å². The molecule has 1 aromatic heterocycles. The molecule has 0 aliphatic carbocycles. The quantitative estimate of drug-likeness (QED) is 0.637. The molecule has 5 heteroatoms. The molecule has 60 valence electrons. The van der Waals surface area contributed by atoms with Gasteiger partial charge in [0.05, 0.1) is 0 Å². The number of nitrogens with zero attached hydrogens (tertiary/aromatic N) is 3. The Morgan fingerprint density at radius 1 is 1.55 bits per heavy atom. The zero-order valence-corrected chi connectivity index (χ0v) is 7.10. The van der Waals surface area contributed by atoms with E-state index in [1.54, 1.807) is 0 Å². The van der Waals surface area contributed by atoms with Crippen LogP contribution < -0.4 is 0 Å². The number of alkyl halides is 1. The SMILES string of the molecule is CSc1ncnc(C(C)F)n1. The molecule has 1 heterocycles. The molecule has 0 N–H and O–H groups in total. The van der Waals surface area contributed by atoms with Gasteiger partial charge in [0.25, 0.3) is 0 Å². The van der Waals surface area contributed by atoms with Crippen molar-refractivity contribution < 1.29 is 4.39 Å². The Labute approximate surface area is 68.5 Å². The van der Waals surface area contributed by atoms with Crippen LogP contribution in [0, 0.1) is 0 Å². The van der Waals surface area contributed by atoms with E-state index in [-0.39, 0.29) is 5.82 Å². The third kappa shape index (κ3) is 2.11. The molecule has 0 fully saturated rings. The maximum absolute atomic E-state index is 12.6. The van der Waals surface area contributed by atoms with E-state index in [1.807, 2.05) is 6.26 Å². The van der Waals surface area contributed by atoms with Crippen LogP contribution in [0.5, 0.6) is 0 Å². The Morgan fingerprint density at radius 2 is 2.27 bits per heavy atom. The van der Waals surface area contributed by atoms with Gasteiger partial charge in [-0.15, -0.1) is 0 Å². The molecule has 3 nitrogen and oxygen atoms in total. The first-order chi connectivity index (χ1) is 5.24. The summed E-state index contributed by atoms with van der Waals surface area (Å²) in [5.41, 5.74) is 0. The van der Waals surface area contributed by atoms with Gasteiger partial charge < -0.3 is 0 Å². The zero-order valence-electron chi connectivity index (χ0n) is 6.28. The molecule has 0 saturated heterocycles. The Morgan fingerprint density at radius 3 is 2.82 bits per heavy atom. The number of thioether (sulfide) groups is 1. The van der Waals surface area contributed by atoms with Gasteiger partial charge in [-0.05, 0) is 13.2 Å². The lowest BCUT2D eigenvalue weighted by Gasteiger charge is -1.99. The Hall–Kier alpha value is -0.710. The van der Waals surface area contributed by atoms with Crippen molar-refractivity contribution >= 4 is 11.8 Å². The van der Waals surface area contributed by atoms with Crippen molar-refractivity contribution in [2.45, 2.75) is 18.3 Å². The highest BCUT2D eigenvalue weighted by molar-refractivity contribution is 7.98. The summed E-state index contributed by atoms with van der Waals surface area (Å²) >= 11 is 1.37. The summed E-state index contributed by atoms with van der Waals surface area (Å²) in [5, 5.41) is 0.555. The van der Waals surface area contributed by atoms with E-state index in [0.717, 1.165) is 0 Å². The second kappa shape index (κ2) is 3.61. The van der Waals surface area contributed by atoms with Gasteiger partial charge in [0.2, 0.25) is 0 Å². The summed E-state index contributed by atoms with van der Waals surface area (Å²) in [6.07, 6.45) is 2.04. The molecule has 1 aromatic rings. The highest BCUT2D eigenvalue weighted by Crippen LogP contribution is 2.13.